The minimum atomic E-state index is -1.17. The summed E-state index contributed by atoms with van der Waals surface area (Å²) in [5.41, 5.74) is 16.4. The molecule has 3 amide bonds. The lowest BCUT2D eigenvalue weighted by atomic mass is 9.98. The fraction of sp³-hybridized carbons (Fsp3) is 0.750. The van der Waals surface area contributed by atoms with Crippen molar-refractivity contribution in [3.05, 3.63) is 0 Å². The van der Waals surface area contributed by atoms with Crippen molar-refractivity contribution < 1.29 is 24.3 Å². The quantitative estimate of drug-likeness (QED) is 0.0935. The number of amides is 3. The van der Waals surface area contributed by atoms with Gasteiger partial charge in [-0.3, -0.25) is 19.4 Å². The highest BCUT2D eigenvalue weighted by Crippen LogP contribution is 2.09. The van der Waals surface area contributed by atoms with Crippen molar-refractivity contribution in [1.82, 2.24) is 16.0 Å². The molecular formula is C20H39N7O5. The summed E-state index contributed by atoms with van der Waals surface area (Å²) in [6.45, 7) is 8.78. The molecule has 0 heterocycles. The second kappa shape index (κ2) is 14.2. The second-order valence-corrected chi connectivity index (χ2v) is 8.22. The van der Waals surface area contributed by atoms with E-state index in [-0.39, 0.29) is 30.8 Å². The highest BCUT2D eigenvalue weighted by atomic mass is 16.4. The van der Waals surface area contributed by atoms with Gasteiger partial charge >= 0.3 is 5.97 Å². The number of aliphatic imine (C=N–C) groups is 1. The summed E-state index contributed by atoms with van der Waals surface area (Å²) in [5.74, 6) is -3.44. The summed E-state index contributed by atoms with van der Waals surface area (Å²) in [6, 6.07) is -3.88. The van der Waals surface area contributed by atoms with Crippen molar-refractivity contribution in [2.24, 2.45) is 34.0 Å². The van der Waals surface area contributed by atoms with Crippen molar-refractivity contribution in [2.75, 3.05) is 6.54 Å². The van der Waals surface area contributed by atoms with E-state index in [2.05, 4.69) is 20.9 Å². The molecule has 0 saturated carbocycles. The lowest BCUT2D eigenvalue weighted by Gasteiger charge is -2.26. The van der Waals surface area contributed by atoms with E-state index in [0.717, 1.165) is 0 Å². The molecule has 5 atom stereocenters. The Hall–Kier alpha value is -2.89. The van der Waals surface area contributed by atoms with Crippen LogP contribution in [0.3, 0.4) is 0 Å². The number of carboxylic acids is 1. The minimum Gasteiger partial charge on any atom is -0.480 e. The standard InChI is InChI=1S/C20H39N7O5/c1-6-11(4)15(19(31)32)27-17(29)13(8-7-9-24-20(22)23)26-16(28)12(5)25-18(30)14(21)10(2)3/h10-15H,6-9,21H2,1-5H3,(H,25,30)(H,26,28)(H,27,29)(H,31,32)(H4,22,23,24). The molecule has 32 heavy (non-hydrogen) atoms. The van der Waals surface area contributed by atoms with Crippen LogP contribution < -0.4 is 33.2 Å². The van der Waals surface area contributed by atoms with Crippen molar-refractivity contribution in [3.8, 4) is 0 Å². The number of guanidine groups is 1. The molecule has 10 N–H and O–H groups in total. The van der Waals surface area contributed by atoms with E-state index in [4.69, 9.17) is 17.2 Å². The summed E-state index contributed by atoms with van der Waals surface area (Å²) < 4.78 is 0. The van der Waals surface area contributed by atoms with Gasteiger partial charge in [0.05, 0.1) is 6.04 Å². The summed E-state index contributed by atoms with van der Waals surface area (Å²) >= 11 is 0. The third-order valence-electron chi connectivity index (χ3n) is 5.13. The fourth-order valence-corrected chi connectivity index (χ4v) is 2.68. The topological polar surface area (TPSA) is 215 Å². The Bertz CT molecular complexity index is 679. The molecule has 12 nitrogen and oxygen atoms in total. The van der Waals surface area contributed by atoms with Crippen LogP contribution in [0, 0.1) is 11.8 Å². The van der Waals surface area contributed by atoms with Gasteiger partial charge in [0.15, 0.2) is 5.96 Å². The lowest BCUT2D eigenvalue weighted by molar-refractivity contribution is -0.143. The smallest absolute Gasteiger partial charge is 0.326 e. The van der Waals surface area contributed by atoms with Crippen LogP contribution in [0.15, 0.2) is 4.99 Å². The summed E-state index contributed by atoms with van der Waals surface area (Å²) in [6.07, 6.45) is 1.06. The van der Waals surface area contributed by atoms with Crippen LogP contribution >= 0.6 is 0 Å². The van der Waals surface area contributed by atoms with Gasteiger partial charge in [0.25, 0.3) is 0 Å². The van der Waals surface area contributed by atoms with Crippen molar-refractivity contribution in [2.45, 2.75) is 78.0 Å². The van der Waals surface area contributed by atoms with Crippen molar-refractivity contribution in [1.29, 1.82) is 0 Å². The van der Waals surface area contributed by atoms with E-state index in [9.17, 15) is 24.3 Å². The molecule has 0 rings (SSSR count). The van der Waals surface area contributed by atoms with E-state index < -0.39 is 47.9 Å². The van der Waals surface area contributed by atoms with E-state index in [1.807, 2.05) is 6.92 Å². The van der Waals surface area contributed by atoms with E-state index in [1.54, 1.807) is 20.8 Å². The number of carboxylic acid groups (broad SMARTS) is 1. The Kier molecular flexibility index (Phi) is 12.9. The number of carbonyl (C=O) groups is 4. The average molecular weight is 458 g/mol. The molecule has 0 aromatic rings. The number of rotatable bonds is 14. The van der Waals surface area contributed by atoms with Crippen LogP contribution in [-0.2, 0) is 19.2 Å². The van der Waals surface area contributed by atoms with Crippen LogP contribution in [0.2, 0.25) is 0 Å². The van der Waals surface area contributed by atoms with Gasteiger partial charge in [-0.15, -0.1) is 0 Å². The first-order valence-corrected chi connectivity index (χ1v) is 10.8. The van der Waals surface area contributed by atoms with Crippen LogP contribution in [0.4, 0.5) is 0 Å². The van der Waals surface area contributed by atoms with Gasteiger partial charge in [-0.2, -0.15) is 0 Å². The van der Waals surface area contributed by atoms with Gasteiger partial charge in [-0.05, 0) is 31.6 Å². The predicted octanol–water partition coefficient (Wildman–Crippen LogP) is -1.37. The second-order valence-electron chi connectivity index (χ2n) is 8.22. The molecule has 0 fully saturated rings. The highest BCUT2D eigenvalue weighted by molar-refractivity contribution is 5.94. The molecule has 0 aromatic carbocycles. The van der Waals surface area contributed by atoms with Gasteiger partial charge in [-0.1, -0.05) is 34.1 Å². The van der Waals surface area contributed by atoms with E-state index >= 15 is 0 Å². The third kappa shape index (κ3) is 10.4. The number of nitrogens with zero attached hydrogens (tertiary/aromatic N) is 1. The van der Waals surface area contributed by atoms with Crippen molar-refractivity contribution in [3.63, 3.8) is 0 Å². The van der Waals surface area contributed by atoms with Crippen LogP contribution in [0.5, 0.6) is 0 Å². The van der Waals surface area contributed by atoms with Crippen molar-refractivity contribution >= 4 is 29.7 Å². The Morgan fingerprint density at radius 1 is 0.938 bits per heavy atom. The largest absolute Gasteiger partial charge is 0.480 e. The molecule has 0 aliphatic heterocycles. The Balaban J connectivity index is 5.31. The maximum Gasteiger partial charge on any atom is 0.326 e. The normalized spacial score (nSPS) is 15.6. The maximum atomic E-state index is 12.8. The molecule has 0 radical (unpaired) electrons. The molecule has 0 aromatic heterocycles. The molecule has 0 aliphatic carbocycles. The summed E-state index contributed by atoms with van der Waals surface area (Å²) in [5, 5.41) is 17.0. The van der Waals surface area contributed by atoms with Gasteiger partial charge in [0.2, 0.25) is 17.7 Å². The molecule has 0 aliphatic rings. The monoisotopic (exact) mass is 457 g/mol. The Labute approximate surface area is 189 Å². The number of hydrogen-bond acceptors (Lipinski definition) is 6. The zero-order chi connectivity index (χ0) is 25.0. The first-order valence-electron chi connectivity index (χ1n) is 10.8. The number of nitrogens with two attached hydrogens (primary N) is 3. The Morgan fingerprint density at radius 3 is 2.00 bits per heavy atom. The fourth-order valence-electron chi connectivity index (χ4n) is 2.68. The zero-order valence-corrected chi connectivity index (χ0v) is 19.6. The first kappa shape index (κ1) is 29.1. The first-order chi connectivity index (χ1) is 14.8. The molecular weight excluding hydrogens is 418 g/mol. The maximum absolute atomic E-state index is 12.8. The average Bonchev–Trinajstić information content (AvgIpc) is 2.71. The van der Waals surface area contributed by atoms with E-state index in [1.165, 1.54) is 6.92 Å². The van der Waals surface area contributed by atoms with Gasteiger partial charge < -0.3 is 38.3 Å². The third-order valence-corrected chi connectivity index (χ3v) is 5.13. The van der Waals surface area contributed by atoms with E-state index in [0.29, 0.717) is 12.8 Å². The molecule has 5 unspecified atom stereocenters. The predicted molar refractivity (Wildman–Crippen MR) is 121 cm³/mol. The zero-order valence-electron chi connectivity index (χ0n) is 19.6. The molecule has 184 valence electrons. The molecule has 12 heteroatoms. The van der Waals surface area contributed by atoms with Gasteiger partial charge in [0, 0.05) is 6.54 Å². The van der Waals surface area contributed by atoms with Crippen LogP contribution in [-0.4, -0.2) is 65.5 Å². The number of nitrogens with one attached hydrogen (secondary N) is 3. The molecule has 0 saturated heterocycles. The number of hydrogen-bond donors (Lipinski definition) is 7. The van der Waals surface area contributed by atoms with Gasteiger partial charge in [-0.25, -0.2) is 4.79 Å². The number of aliphatic carboxylic acids is 1. The minimum absolute atomic E-state index is 0.101. The molecule has 0 bridgehead atoms. The molecule has 0 spiro atoms. The highest BCUT2D eigenvalue weighted by Gasteiger charge is 2.30. The van der Waals surface area contributed by atoms with Crippen LogP contribution in [0.25, 0.3) is 0 Å². The van der Waals surface area contributed by atoms with Crippen LogP contribution in [0.1, 0.15) is 53.9 Å². The van der Waals surface area contributed by atoms with Gasteiger partial charge in [0.1, 0.15) is 18.1 Å². The lowest BCUT2D eigenvalue weighted by Crippen LogP contribution is -2.57. The Morgan fingerprint density at radius 2 is 1.53 bits per heavy atom. The SMILES string of the molecule is CCC(C)C(NC(=O)C(CCCN=C(N)N)NC(=O)C(C)NC(=O)C(N)C(C)C)C(=O)O. The number of carbonyl (C=O) groups excluding carboxylic acids is 3. The summed E-state index contributed by atoms with van der Waals surface area (Å²) in [4.78, 5) is 52.9. The summed E-state index contributed by atoms with van der Waals surface area (Å²) in [7, 11) is 0.